The van der Waals surface area contributed by atoms with Gasteiger partial charge in [0.2, 0.25) is 0 Å². The topological polar surface area (TPSA) is 34.4 Å². The van der Waals surface area contributed by atoms with Crippen molar-refractivity contribution >= 4 is 22.1 Å². The number of carbonyl (C=O) groups excluding carboxylic acids is 1. The summed E-state index contributed by atoms with van der Waals surface area (Å²) in [5.74, 6) is 1.21. The number of fused-ring (bicyclic) bond motifs is 1. The Balaban J connectivity index is 1.77. The number of hydrogen-bond acceptors (Lipinski definition) is 3. The van der Waals surface area contributed by atoms with Gasteiger partial charge in [0, 0.05) is 30.1 Å². The molecule has 2 atom stereocenters. The molecule has 3 nitrogen and oxygen atoms in total. The van der Waals surface area contributed by atoms with E-state index in [0.29, 0.717) is 11.7 Å². The highest BCUT2D eigenvalue weighted by molar-refractivity contribution is 7.15. The molecule has 0 N–H and O–H groups in total. The van der Waals surface area contributed by atoms with Gasteiger partial charge in [0.1, 0.15) is 5.78 Å². The van der Waals surface area contributed by atoms with Crippen LogP contribution in [0.1, 0.15) is 45.7 Å². The van der Waals surface area contributed by atoms with Gasteiger partial charge in [-0.05, 0) is 30.6 Å². The van der Waals surface area contributed by atoms with Crippen LogP contribution in [-0.4, -0.2) is 15.2 Å². The highest BCUT2D eigenvalue weighted by Gasteiger charge is 2.38. The number of thiazole rings is 1. The zero-order valence-electron chi connectivity index (χ0n) is 12.4. The monoisotopic (exact) mass is 290 g/mol. The van der Waals surface area contributed by atoms with Crippen LogP contribution >= 0.6 is 11.3 Å². The minimum atomic E-state index is 0.00124. The van der Waals surface area contributed by atoms with E-state index >= 15 is 0 Å². The highest BCUT2D eigenvalue weighted by Crippen LogP contribution is 2.40. The molecule has 0 amide bonds. The predicted octanol–water partition coefficient (Wildman–Crippen LogP) is 3.97. The summed E-state index contributed by atoms with van der Waals surface area (Å²) in [6, 6.07) is 0. The summed E-state index contributed by atoms with van der Waals surface area (Å²) in [5.41, 5.74) is 1.11. The fourth-order valence-corrected chi connectivity index (χ4v) is 4.20. The Labute approximate surface area is 124 Å². The van der Waals surface area contributed by atoms with Crippen LogP contribution < -0.4 is 0 Å². The van der Waals surface area contributed by atoms with E-state index in [1.54, 1.807) is 11.3 Å². The Morgan fingerprint density at radius 3 is 2.95 bits per heavy atom. The molecule has 1 aliphatic carbocycles. The molecule has 2 aromatic heterocycles. The summed E-state index contributed by atoms with van der Waals surface area (Å²) in [7, 11) is 0. The molecule has 0 bridgehead atoms. The molecule has 2 unspecified atom stereocenters. The van der Waals surface area contributed by atoms with Gasteiger partial charge in [0.05, 0.1) is 5.69 Å². The largest absolute Gasteiger partial charge is 0.299 e. The van der Waals surface area contributed by atoms with Crippen LogP contribution in [0.4, 0.5) is 0 Å². The SMILES string of the molecule is CC1CCC(C(C)(C)Cc2cn3ccsc3n2)C(=O)C1. The van der Waals surface area contributed by atoms with Crippen LogP contribution in [0.2, 0.25) is 0 Å². The second-order valence-corrected chi connectivity index (χ2v) is 7.77. The summed E-state index contributed by atoms with van der Waals surface area (Å²) >= 11 is 1.66. The lowest BCUT2D eigenvalue weighted by molar-refractivity contribution is -0.129. The van der Waals surface area contributed by atoms with Crippen LogP contribution in [0.15, 0.2) is 17.8 Å². The molecule has 1 fully saturated rings. The maximum absolute atomic E-state index is 12.3. The van der Waals surface area contributed by atoms with E-state index in [4.69, 9.17) is 0 Å². The fourth-order valence-electron chi connectivity index (χ4n) is 3.48. The van der Waals surface area contributed by atoms with Gasteiger partial charge in [-0.1, -0.05) is 20.8 Å². The van der Waals surface area contributed by atoms with Gasteiger partial charge >= 0.3 is 0 Å². The first-order valence-corrected chi connectivity index (χ1v) is 8.27. The molecule has 2 heterocycles. The van der Waals surface area contributed by atoms with E-state index in [-0.39, 0.29) is 11.3 Å². The lowest BCUT2D eigenvalue weighted by Crippen LogP contribution is -2.36. The van der Waals surface area contributed by atoms with Crippen molar-refractivity contribution in [3.63, 3.8) is 0 Å². The Kier molecular flexibility index (Phi) is 3.44. The molecule has 0 saturated heterocycles. The Morgan fingerprint density at radius 1 is 1.45 bits per heavy atom. The molecule has 0 spiro atoms. The molecule has 1 aliphatic rings. The molecule has 20 heavy (non-hydrogen) atoms. The molecule has 2 aromatic rings. The predicted molar refractivity (Wildman–Crippen MR) is 82.1 cm³/mol. The summed E-state index contributed by atoms with van der Waals surface area (Å²) in [5, 5.41) is 2.04. The third-order valence-corrected chi connectivity index (χ3v) is 5.38. The third-order valence-electron chi connectivity index (χ3n) is 4.61. The van der Waals surface area contributed by atoms with Crippen LogP contribution in [-0.2, 0) is 11.2 Å². The van der Waals surface area contributed by atoms with E-state index in [1.165, 1.54) is 6.42 Å². The molecular formula is C16H22N2OS. The van der Waals surface area contributed by atoms with Gasteiger partial charge < -0.3 is 0 Å². The minimum absolute atomic E-state index is 0.00124. The van der Waals surface area contributed by atoms with Gasteiger partial charge in [0.15, 0.2) is 4.96 Å². The number of imidazole rings is 1. The average Bonchev–Trinajstić information content (AvgIpc) is 2.87. The van der Waals surface area contributed by atoms with Crippen molar-refractivity contribution in [2.45, 2.75) is 46.5 Å². The second kappa shape index (κ2) is 4.99. The summed E-state index contributed by atoms with van der Waals surface area (Å²) < 4.78 is 2.07. The van der Waals surface area contributed by atoms with Crippen LogP contribution in [0.3, 0.4) is 0 Å². The van der Waals surface area contributed by atoms with Crippen LogP contribution in [0, 0.1) is 17.3 Å². The first-order valence-electron chi connectivity index (χ1n) is 7.39. The van der Waals surface area contributed by atoms with Crippen LogP contribution in [0.5, 0.6) is 0 Å². The number of aromatic nitrogens is 2. The quantitative estimate of drug-likeness (QED) is 0.857. The molecule has 108 valence electrons. The Bertz CT molecular complexity index is 597. The third kappa shape index (κ3) is 2.53. The van der Waals surface area contributed by atoms with Gasteiger partial charge in [-0.15, -0.1) is 11.3 Å². The number of nitrogens with zero attached hydrogens (tertiary/aromatic N) is 2. The normalized spacial score (nSPS) is 24.4. The average molecular weight is 290 g/mol. The smallest absolute Gasteiger partial charge is 0.193 e. The van der Waals surface area contributed by atoms with Gasteiger partial charge in [-0.3, -0.25) is 9.20 Å². The number of Topliss-reactive ketones (excluding diaryl/α,β-unsaturated/α-hetero) is 1. The lowest BCUT2D eigenvalue weighted by Gasteiger charge is -2.37. The van der Waals surface area contributed by atoms with E-state index < -0.39 is 0 Å². The summed E-state index contributed by atoms with van der Waals surface area (Å²) in [4.78, 5) is 18.0. The zero-order chi connectivity index (χ0) is 14.3. The zero-order valence-corrected chi connectivity index (χ0v) is 13.2. The first-order chi connectivity index (χ1) is 9.45. The number of rotatable bonds is 3. The van der Waals surface area contributed by atoms with Crippen molar-refractivity contribution in [2.75, 3.05) is 0 Å². The number of hydrogen-bond donors (Lipinski definition) is 0. The fraction of sp³-hybridized carbons (Fsp3) is 0.625. The van der Waals surface area contributed by atoms with Crippen molar-refractivity contribution in [3.8, 4) is 0 Å². The standard InChI is InChI=1S/C16H22N2OS/c1-11-4-5-13(14(19)8-11)16(2,3)9-12-10-18-6-7-20-15(18)17-12/h6-7,10-11,13H,4-5,8-9H2,1-3H3. The molecule has 3 rings (SSSR count). The maximum Gasteiger partial charge on any atom is 0.193 e. The van der Waals surface area contributed by atoms with E-state index in [2.05, 4.69) is 36.4 Å². The molecule has 0 aliphatic heterocycles. The highest BCUT2D eigenvalue weighted by atomic mass is 32.1. The van der Waals surface area contributed by atoms with E-state index in [0.717, 1.165) is 29.9 Å². The Hall–Kier alpha value is -1.16. The summed E-state index contributed by atoms with van der Waals surface area (Å²) in [6.45, 7) is 6.63. The van der Waals surface area contributed by atoms with Gasteiger partial charge in [-0.2, -0.15) is 0 Å². The van der Waals surface area contributed by atoms with Crippen molar-refractivity contribution in [2.24, 2.45) is 17.3 Å². The summed E-state index contributed by atoms with van der Waals surface area (Å²) in [6.07, 6.45) is 7.99. The minimum Gasteiger partial charge on any atom is -0.299 e. The lowest BCUT2D eigenvalue weighted by atomic mass is 9.66. The molecule has 1 saturated carbocycles. The number of carbonyl (C=O) groups is 1. The van der Waals surface area contributed by atoms with E-state index in [1.807, 2.05) is 11.6 Å². The number of ketones is 1. The van der Waals surface area contributed by atoms with E-state index in [9.17, 15) is 4.79 Å². The molecule has 0 radical (unpaired) electrons. The Morgan fingerprint density at radius 2 is 2.25 bits per heavy atom. The second-order valence-electron chi connectivity index (χ2n) is 6.90. The van der Waals surface area contributed by atoms with Crippen LogP contribution in [0.25, 0.3) is 4.96 Å². The molecule has 4 heteroatoms. The molecular weight excluding hydrogens is 268 g/mol. The van der Waals surface area contributed by atoms with Crippen molar-refractivity contribution in [1.82, 2.24) is 9.38 Å². The molecule has 0 aromatic carbocycles. The van der Waals surface area contributed by atoms with Crippen molar-refractivity contribution < 1.29 is 4.79 Å². The van der Waals surface area contributed by atoms with Gasteiger partial charge in [0.25, 0.3) is 0 Å². The van der Waals surface area contributed by atoms with Crippen molar-refractivity contribution in [1.29, 1.82) is 0 Å². The first kappa shape index (κ1) is 13.8. The van der Waals surface area contributed by atoms with Crippen molar-refractivity contribution in [3.05, 3.63) is 23.5 Å². The maximum atomic E-state index is 12.3. The van der Waals surface area contributed by atoms with Gasteiger partial charge in [-0.25, -0.2) is 4.98 Å².